The largest absolute Gasteiger partial charge is 0.488 e. The van der Waals surface area contributed by atoms with E-state index in [1.807, 2.05) is 5.43 Å². The minimum absolute atomic E-state index is 0.0351. The Balaban J connectivity index is 1.91. The Morgan fingerprint density at radius 1 is 1.45 bits per heavy atom. The van der Waals surface area contributed by atoms with Gasteiger partial charge in [0.2, 0.25) is 5.82 Å². The van der Waals surface area contributed by atoms with Gasteiger partial charge in [-0.2, -0.15) is 4.39 Å². The van der Waals surface area contributed by atoms with Gasteiger partial charge >= 0.3 is 0 Å². The van der Waals surface area contributed by atoms with Crippen LogP contribution in [0, 0.1) is 11.6 Å². The molecule has 0 spiro atoms. The van der Waals surface area contributed by atoms with E-state index in [1.54, 1.807) is 0 Å². The summed E-state index contributed by atoms with van der Waals surface area (Å²) in [6, 6.07) is 3.65. The van der Waals surface area contributed by atoms with Crippen LogP contribution in [0.1, 0.15) is 10.5 Å². The van der Waals surface area contributed by atoms with E-state index in [0.29, 0.717) is 0 Å². The van der Waals surface area contributed by atoms with Gasteiger partial charge in [-0.1, -0.05) is 11.3 Å². The zero-order valence-electron chi connectivity index (χ0n) is 10.2. The highest BCUT2D eigenvalue weighted by molar-refractivity contribution is 5.91. The maximum absolute atomic E-state index is 13.3. The minimum atomic E-state index is -1.05. The lowest BCUT2D eigenvalue weighted by Gasteiger charge is -2.06. The summed E-state index contributed by atoms with van der Waals surface area (Å²) in [6.45, 7) is 0.244. The second-order valence-corrected chi connectivity index (χ2v) is 3.74. The molecule has 1 heterocycles. The Hall–Kier alpha value is -2.55. The molecular weight excluding hydrogens is 272 g/mol. The Morgan fingerprint density at radius 2 is 2.25 bits per heavy atom. The molecule has 0 aliphatic carbocycles. The standard InChI is InChI=1S/C11H11F2N5O2/c12-7-2-1-3-9(10(7)13)20-5-4-18-6-8(16-17-18)11(19)15-14/h1-3,6H,4-5,14H2,(H,15,19). The predicted octanol–water partition coefficient (Wildman–Crippen LogP) is 0.239. The predicted molar refractivity (Wildman–Crippen MR) is 63.5 cm³/mol. The van der Waals surface area contributed by atoms with E-state index >= 15 is 0 Å². The molecule has 7 nitrogen and oxygen atoms in total. The molecule has 0 saturated heterocycles. The smallest absolute Gasteiger partial charge is 0.287 e. The molecule has 0 unspecified atom stereocenters. The molecule has 2 rings (SSSR count). The number of ether oxygens (including phenoxy) is 1. The molecule has 2 aromatic rings. The number of amides is 1. The summed E-state index contributed by atoms with van der Waals surface area (Å²) in [5.74, 6) is 2.15. The molecule has 20 heavy (non-hydrogen) atoms. The maximum Gasteiger partial charge on any atom is 0.287 e. The van der Waals surface area contributed by atoms with Gasteiger partial charge in [0.15, 0.2) is 17.3 Å². The lowest BCUT2D eigenvalue weighted by Crippen LogP contribution is -2.30. The molecule has 0 aliphatic heterocycles. The normalized spacial score (nSPS) is 10.3. The summed E-state index contributed by atoms with van der Waals surface area (Å²) < 4.78 is 32.6. The first-order valence-corrected chi connectivity index (χ1v) is 5.59. The van der Waals surface area contributed by atoms with Crippen LogP contribution in [0.4, 0.5) is 8.78 Å². The van der Waals surface area contributed by atoms with Crippen molar-refractivity contribution >= 4 is 5.91 Å². The lowest BCUT2D eigenvalue weighted by atomic mass is 10.3. The SMILES string of the molecule is NNC(=O)c1cn(CCOc2cccc(F)c2F)nn1. The van der Waals surface area contributed by atoms with Crippen LogP contribution in [0.5, 0.6) is 5.75 Å². The number of rotatable bonds is 5. The number of nitrogens with two attached hydrogens (primary N) is 1. The minimum Gasteiger partial charge on any atom is -0.488 e. The van der Waals surface area contributed by atoms with Crippen LogP contribution < -0.4 is 16.0 Å². The molecule has 0 bridgehead atoms. The van der Waals surface area contributed by atoms with Gasteiger partial charge in [0.25, 0.3) is 5.91 Å². The van der Waals surface area contributed by atoms with Gasteiger partial charge < -0.3 is 4.74 Å². The number of hydrogen-bond donors (Lipinski definition) is 2. The Kier molecular flexibility index (Phi) is 4.20. The van der Waals surface area contributed by atoms with Gasteiger partial charge in [-0.3, -0.25) is 10.2 Å². The summed E-state index contributed by atoms with van der Waals surface area (Å²) >= 11 is 0. The van der Waals surface area contributed by atoms with E-state index in [-0.39, 0.29) is 24.6 Å². The van der Waals surface area contributed by atoms with Gasteiger partial charge in [0.1, 0.15) is 6.61 Å². The quantitative estimate of drug-likeness (QED) is 0.465. The highest BCUT2D eigenvalue weighted by Gasteiger charge is 2.10. The van der Waals surface area contributed by atoms with Crippen molar-refractivity contribution in [1.29, 1.82) is 0 Å². The molecule has 0 atom stereocenters. The van der Waals surface area contributed by atoms with E-state index in [9.17, 15) is 13.6 Å². The summed E-state index contributed by atoms with van der Waals surface area (Å²) in [7, 11) is 0. The number of nitrogen functional groups attached to an aromatic ring is 1. The Morgan fingerprint density at radius 3 is 3.00 bits per heavy atom. The van der Waals surface area contributed by atoms with E-state index in [1.165, 1.54) is 23.0 Å². The van der Waals surface area contributed by atoms with Crippen molar-refractivity contribution in [3.8, 4) is 5.75 Å². The van der Waals surface area contributed by atoms with Gasteiger partial charge in [-0.05, 0) is 12.1 Å². The first-order chi connectivity index (χ1) is 9.61. The van der Waals surface area contributed by atoms with Crippen LogP contribution in [0.3, 0.4) is 0 Å². The summed E-state index contributed by atoms with van der Waals surface area (Å²) in [5.41, 5.74) is 1.96. The summed E-state index contributed by atoms with van der Waals surface area (Å²) in [5, 5.41) is 7.23. The molecule has 0 saturated carbocycles. The van der Waals surface area contributed by atoms with Crippen LogP contribution in [0.15, 0.2) is 24.4 Å². The van der Waals surface area contributed by atoms with Crippen molar-refractivity contribution in [3.63, 3.8) is 0 Å². The highest BCUT2D eigenvalue weighted by atomic mass is 19.2. The third-order valence-electron chi connectivity index (χ3n) is 2.40. The van der Waals surface area contributed by atoms with E-state index in [0.717, 1.165) is 6.07 Å². The first kappa shape index (κ1) is 13.9. The number of hydrogen-bond acceptors (Lipinski definition) is 5. The molecule has 0 fully saturated rings. The second kappa shape index (κ2) is 6.06. The van der Waals surface area contributed by atoms with Gasteiger partial charge in [-0.15, -0.1) is 5.10 Å². The number of aromatic nitrogens is 3. The molecule has 106 valence electrons. The number of hydrazine groups is 1. The van der Waals surface area contributed by atoms with Crippen LogP contribution in [-0.2, 0) is 6.54 Å². The van der Waals surface area contributed by atoms with Crippen molar-refractivity contribution in [2.45, 2.75) is 6.54 Å². The lowest BCUT2D eigenvalue weighted by molar-refractivity contribution is 0.0948. The van der Waals surface area contributed by atoms with Gasteiger partial charge in [0.05, 0.1) is 12.7 Å². The monoisotopic (exact) mass is 283 g/mol. The van der Waals surface area contributed by atoms with Gasteiger partial charge in [-0.25, -0.2) is 14.9 Å². The fourth-order valence-corrected chi connectivity index (χ4v) is 1.43. The molecule has 9 heteroatoms. The molecule has 0 radical (unpaired) electrons. The number of nitrogens with zero attached hydrogens (tertiary/aromatic N) is 3. The summed E-state index contributed by atoms with van der Waals surface area (Å²) in [6.07, 6.45) is 1.35. The van der Waals surface area contributed by atoms with Crippen molar-refractivity contribution in [2.24, 2.45) is 5.84 Å². The Bertz CT molecular complexity index is 617. The van der Waals surface area contributed by atoms with E-state index < -0.39 is 17.5 Å². The molecule has 1 amide bonds. The van der Waals surface area contributed by atoms with E-state index in [4.69, 9.17) is 10.6 Å². The van der Waals surface area contributed by atoms with Crippen LogP contribution in [0.2, 0.25) is 0 Å². The average molecular weight is 283 g/mol. The van der Waals surface area contributed by atoms with E-state index in [2.05, 4.69) is 10.3 Å². The number of halogens is 2. The van der Waals surface area contributed by atoms with Crippen molar-refractivity contribution in [3.05, 3.63) is 41.7 Å². The zero-order chi connectivity index (χ0) is 14.5. The number of carbonyl (C=O) groups is 1. The number of benzene rings is 1. The molecule has 1 aromatic heterocycles. The second-order valence-electron chi connectivity index (χ2n) is 3.74. The van der Waals surface area contributed by atoms with Gasteiger partial charge in [0, 0.05) is 0 Å². The third-order valence-corrected chi connectivity index (χ3v) is 2.40. The Labute approximate surface area is 112 Å². The topological polar surface area (TPSA) is 95.1 Å². The average Bonchev–Trinajstić information content (AvgIpc) is 2.91. The molecule has 1 aromatic carbocycles. The maximum atomic E-state index is 13.3. The van der Waals surface area contributed by atoms with Crippen LogP contribution >= 0.6 is 0 Å². The van der Waals surface area contributed by atoms with Crippen molar-refractivity contribution < 1.29 is 18.3 Å². The molecule has 0 aliphatic rings. The fourth-order valence-electron chi connectivity index (χ4n) is 1.43. The third kappa shape index (κ3) is 3.06. The zero-order valence-corrected chi connectivity index (χ0v) is 10.2. The molecule has 3 N–H and O–H groups in total. The summed E-state index contributed by atoms with van der Waals surface area (Å²) in [4.78, 5) is 11.1. The number of carbonyl (C=O) groups excluding carboxylic acids is 1. The van der Waals surface area contributed by atoms with Crippen molar-refractivity contribution in [2.75, 3.05) is 6.61 Å². The van der Waals surface area contributed by atoms with Crippen LogP contribution in [-0.4, -0.2) is 27.5 Å². The fraction of sp³-hybridized carbons (Fsp3) is 0.182. The first-order valence-electron chi connectivity index (χ1n) is 5.59. The van der Waals surface area contributed by atoms with Crippen molar-refractivity contribution in [1.82, 2.24) is 20.4 Å². The molecular formula is C11H11F2N5O2. The number of nitrogens with one attached hydrogen (secondary N) is 1. The highest BCUT2D eigenvalue weighted by Crippen LogP contribution is 2.18. The van der Waals surface area contributed by atoms with Crippen LogP contribution in [0.25, 0.3) is 0 Å².